The van der Waals surface area contributed by atoms with E-state index >= 15 is 0 Å². The van der Waals surface area contributed by atoms with E-state index in [4.69, 9.17) is 9.47 Å². The Bertz CT molecular complexity index is 486. The van der Waals surface area contributed by atoms with Gasteiger partial charge in [-0.25, -0.2) is 4.79 Å². The largest absolute Gasteiger partial charge is 0.496 e. The molecule has 1 aromatic carbocycles. The second kappa shape index (κ2) is 4.76. The molecular weight excluding hydrogens is 242 g/mol. The van der Waals surface area contributed by atoms with Gasteiger partial charge in [-0.2, -0.15) is 0 Å². The fourth-order valence-corrected chi connectivity index (χ4v) is 3.22. The number of benzene rings is 1. The van der Waals surface area contributed by atoms with E-state index in [1.54, 1.807) is 7.11 Å². The average molecular weight is 261 g/mol. The molecule has 0 N–H and O–H groups in total. The first-order valence-electron chi connectivity index (χ1n) is 6.89. The highest BCUT2D eigenvalue weighted by molar-refractivity contribution is 5.72. The van der Waals surface area contributed by atoms with Crippen LogP contribution >= 0.6 is 0 Å². The lowest BCUT2D eigenvalue weighted by Crippen LogP contribution is -2.37. The number of fused-ring (bicyclic) bond motifs is 3. The zero-order valence-corrected chi connectivity index (χ0v) is 11.4. The molecule has 0 bridgehead atoms. The molecule has 0 unspecified atom stereocenters. The number of ether oxygens (including phenoxy) is 2. The van der Waals surface area contributed by atoms with Gasteiger partial charge in [-0.15, -0.1) is 0 Å². The van der Waals surface area contributed by atoms with E-state index < -0.39 is 0 Å². The summed E-state index contributed by atoms with van der Waals surface area (Å²) in [6.07, 6.45) is 2.55. The van der Waals surface area contributed by atoms with E-state index in [9.17, 15) is 4.79 Å². The van der Waals surface area contributed by atoms with Gasteiger partial charge in [0.1, 0.15) is 5.75 Å². The molecule has 1 aromatic rings. The van der Waals surface area contributed by atoms with Crippen molar-refractivity contribution in [2.45, 2.75) is 38.3 Å². The van der Waals surface area contributed by atoms with Crippen molar-refractivity contribution in [3.8, 4) is 5.75 Å². The molecule has 19 heavy (non-hydrogen) atoms. The van der Waals surface area contributed by atoms with Gasteiger partial charge in [0.05, 0.1) is 13.2 Å². The van der Waals surface area contributed by atoms with E-state index in [0.717, 1.165) is 37.1 Å². The lowest BCUT2D eigenvalue weighted by Gasteiger charge is -2.30. The van der Waals surface area contributed by atoms with Crippen molar-refractivity contribution in [3.05, 3.63) is 29.3 Å². The number of hydrogen-bond acceptors (Lipinski definition) is 3. The number of methoxy groups -OCH3 is 1. The number of carbonyl (C=O) groups is 1. The summed E-state index contributed by atoms with van der Waals surface area (Å²) in [5.41, 5.74) is 2.31. The van der Waals surface area contributed by atoms with Crippen molar-refractivity contribution in [2.24, 2.45) is 0 Å². The van der Waals surface area contributed by atoms with Crippen LogP contribution in [-0.4, -0.2) is 30.7 Å². The molecule has 4 heteroatoms. The molecule has 0 radical (unpaired) electrons. The number of rotatable bonds is 3. The maximum Gasteiger partial charge on any atom is 0.410 e. The molecule has 3 rings (SSSR count). The van der Waals surface area contributed by atoms with Crippen molar-refractivity contribution in [1.29, 1.82) is 0 Å². The van der Waals surface area contributed by atoms with Gasteiger partial charge in [0, 0.05) is 12.1 Å². The molecule has 102 valence electrons. The molecule has 0 spiro atoms. The highest BCUT2D eigenvalue weighted by Gasteiger charge is 2.46. The van der Waals surface area contributed by atoms with Gasteiger partial charge in [0.2, 0.25) is 0 Å². The molecule has 1 aliphatic heterocycles. The molecule has 1 fully saturated rings. The fraction of sp³-hybridized carbons (Fsp3) is 0.533. The molecule has 2 aliphatic rings. The summed E-state index contributed by atoms with van der Waals surface area (Å²) in [5.74, 6) is 0.832. The summed E-state index contributed by atoms with van der Waals surface area (Å²) in [6.45, 7) is 2.85. The van der Waals surface area contributed by atoms with E-state index in [1.807, 2.05) is 17.0 Å². The van der Waals surface area contributed by atoms with Crippen LogP contribution in [0.5, 0.6) is 5.75 Å². The van der Waals surface area contributed by atoms with Crippen LogP contribution in [-0.2, 0) is 11.2 Å². The van der Waals surface area contributed by atoms with Crippen LogP contribution in [0.25, 0.3) is 0 Å². The van der Waals surface area contributed by atoms with E-state index in [1.165, 1.54) is 5.56 Å². The van der Waals surface area contributed by atoms with Crippen LogP contribution in [0, 0.1) is 0 Å². The Morgan fingerprint density at radius 3 is 3.05 bits per heavy atom. The van der Waals surface area contributed by atoms with Crippen LogP contribution in [0.2, 0.25) is 0 Å². The molecular formula is C15H19NO3. The summed E-state index contributed by atoms with van der Waals surface area (Å²) < 4.78 is 11.0. The third-order valence-corrected chi connectivity index (χ3v) is 4.05. The quantitative estimate of drug-likeness (QED) is 0.839. The van der Waals surface area contributed by atoms with E-state index in [0.29, 0.717) is 0 Å². The predicted molar refractivity (Wildman–Crippen MR) is 71.3 cm³/mol. The second-order valence-electron chi connectivity index (χ2n) is 5.14. The Kier molecular flexibility index (Phi) is 3.09. The summed E-state index contributed by atoms with van der Waals surface area (Å²) in [4.78, 5) is 13.9. The van der Waals surface area contributed by atoms with Crippen LogP contribution < -0.4 is 4.74 Å². The van der Waals surface area contributed by atoms with Gasteiger partial charge < -0.3 is 14.4 Å². The maximum absolute atomic E-state index is 12.0. The smallest absolute Gasteiger partial charge is 0.410 e. The fourth-order valence-electron chi connectivity index (χ4n) is 3.22. The number of nitrogens with zero attached hydrogens (tertiary/aromatic N) is 1. The molecule has 2 atom stereocenters. The average Bonchev–Trinajstić information content (AvgIpc) is 2.75. The Balaban J connectivity index is 2.00. The third kappa shape index (κ3) is 1.86. The number of carbonyl (C=O) groups excluding carboxylic acids is 1. The number of hydrogen-bond donors (Lipinski definition) is 0. The summed E-state index contributed by atoms with van der Waals surface area (Å²) in [6, 6.07) is 6.21. The summed E-state index contributed by atoms with van der Waals surface area (Å²) >= 11 is 0. The molecule has 1 saturated heterocycles. The van der Waals surface area contributed by atoms with Crippen molar-refractivity contribution in [1.82, 2.24) is 4.90 Å². The Morgan fingerprint density at radius 2 is 2.32 bits per heavy atom. The van der Waals surface area contributed by atoms with Crippen LogP contribution in [0.3, 0.4) is 0 Å². The topological polar surface area (TPSA) is 38.8 Å². The maximum atomic E-state index is 12.0. The first kappa shape index (κ1) is 12.3. The minimum atomic E-state index is -0.185. The summed E-state index contributed by atoms with van der Waals surface area (Å²) in [7, 11) is 1.67. The van der Waals surface area contributed by atoms with Crippen molar-refractivity contribution >= 4 is 6.09 Å². The third-order valence-electron chi connectivity index (χ3n) is 4.05. The normalized spacial score (nSPS) is 24.7. The molecule has 1 amide bonds. The van der Waals surface area contributed by atoms with Gasteiger partial charge >= 0.3 is 6.09 Å². The Hall–Kier alpha value is -1.71. The van der Waals surface area contributed by atoms with Gasteiger partial charge in [0.15, 0.2) is 6.10 Å². The van der Waals surface area contributed by atoms with E-state index in [2.05, 4.69) is 13.0 Å². The van der Waals surface area contributed by atoms with Crippen molar-refractivity contribution in [2.75, 3.05) is 13.7 Å². The monoisotopic (exact) mass is 261 g/mol. The first-order valence-corrected chi connectivity index (χ1v) is 6.89. The molecule has 1 aliphatic carbocycles. The van der Waals surface area contributed by atoms with Crippen LogP contribution in [0.15, 0.2) is 18.2 Å². The number of aryl methyl sites for hydroxylation is 1. The lowest BCUT2D eigenvalue weighted by atomic mass is 9.85. The first-order chi connectivity index (χ1) is 9.26. The number of amides is 1. The molecule has 0 aromatic heterocycles. The minimum Gasteiger partial charge on any atom is -0.496 e. The predicted octanol–water partition coefficient (Wildman–Crippen LogP) is 2.91. The molecule has 0 saturated carbocycles. The standard InChI is InChI=1S/C15H19NO3/c1-3-9-16-11-8-7-10-5-4-6-12(18-2)13(10)14(11)19-15(16)17/h4-6,11,14H,3,7-9H2,1-2H3/t11-,14-/m0/s1. The Labute approximate surface area is 113 Å². The SMILES string of the molecule is CCCN1C(=O)O[C@@H]2c3c(cccc3OC)CC[C@@H]21. The van der Waals surface area contributed by atoms with Crippen molar-refractivity contribution < 1.29 is 14.3 Å². The van der Waals surface area contributed by atoms with Gasteiger partial charge in [-0.3, -0.25) is 0 Å². The van der Waals surface area contributed by atoms with Crippen LogP contribution in [0.4, 0.5) is 4.79 Å². The van der Waals surface area contributed by atoms with Crippen molar-refractivity contribution in [3.63, 3.8) is 0 Å². The molecule has 4 nitrogen and oxygen atoms in total. The zero-order valence-electron chi connectivity index (χ0n) is 11.4. The second-order valence-corrected chi connectivity index (χ2v) is 5.14. The lowest BCUT2D eigenvalue weighted by molar-refractivity contribution is 0.125. The van der Waals surface area contributed by atoms with Gasteiger partial charge in [0.25, 0.3) is 0 Å². The van der Waals surface area contributed by atoms with Gasteiger partial charge in [-0.05, 0) is 30.9 Å². The van der Waals surface area contributed by atoms with Crippen LogP contribution in [0.1, 0.15) is 37.0 Å². The zero-order chi connectivity index (χ0) is 13.4. The van der Waals surface area contributed by atoms with Gasteiger partial charge in [-0.1, -0.05) is 19.1 Å². The minimum absolute atomic E-state index is 0.163. The molecule has 1 heterocycles. The Morgan fingerprint density at radius 1 is 1.47 bits per heavy atom. The van der Waals surface area contributed by atoms with E-state index in [-0.39, 0.29) is 18.2 Å². The highest BCUT2D eigenvalue weighted by atomic mass is 16.6. The highest BCUT2D eigenvalue weighted by Crippen LogP contribution is 2.44. The summed E-state index contributed by atoms with van der Waals surface area (Å²) in [5, 5.41) is 0.